The number of sulfonamides is 1. The molecule has 0 aliphatic rings. The number of nitrogens with one attached hydrogen (secondary N) is 1. The number of benzene rings is 2. The fourth-order valence-electron chi connectivity index (χ4n) is 3.65. The van der Waals surface area contributed by atoms with Gasteiger partial charge in [-0.2, -0.15) is 18.3 Å². The van der Waals surface area contributed by atoms with Crippen LogP contribution in [-0.4, -0.2) is 53.6 Å². The van der Waals surface area contributed by atoms with E-state index in [4.69, 9.17) is 21.5 Å². The Morgan fingerprint density at radius 3 is 2.30 bits per heavy atom. The van der Waals surface area contributed by atoms with Crippen LogP contribution in [0.5, 0.6) is 0 Å². The first-order valence-corrected chi connectivity index (χ1v) is 13.5. The van der Waals surface area contributed by atoms with Crippen LogP contribution in [0.4, 0.5) is 24.5 Å². The predicted molar refractivity (Wildman–Crippen MR) is 143 cm³/mol. The van der Waals surface area contributed by atoms with Crippen LogP contribution < -0.4 is 9.62 Å². The SMILES string of the molecule is CCCn1nc(C)cc1CN(C)c1ccc(NS(=O)(=O)c2cccc(Cl)c2C)cc1C(=O)O.O=C(O)C(F)(F)F. The molecule has 0 bridgehead atoms. The molecule has 0 amide bonds. The summed E-state index contributed by atoms with van der Waals surface area (Å²) in [6, 6.07) is 11.0. The maximum Gasteiger partial charge on any atom is 0.490 e. The molecule has 3 rings (SSSR count). The number of hydrogen-bond donors (Lipinski definition) is 3. The van der Waals surface area contributed by atoms with Crippen molar-refractivity contribution in [3.05, 3.63) is 70.0 Å². The summed E-state index contributed by atoms with van der Waals surface area (Å²) in [4.78, 5) is 22.7. The molecule has 0 saturated carbocycles. The van der Waals surface area contributed by atoms with E-state index in [0.29, 0.717) is 22.8 Å². The maximum absolute atomic E-state index is 12.9. The van der Waals surface area contributed by atoms with Crippen molar-refractivity contribution in [1.29, 1.82) is 0 Å². The second kappa shape index (κ2) is 13.0. The highest BCUT2D eigenvalue weighted by Crippen LogP contribution is 2.29. The number of hydrogen-bond acceptors (Lipinski definition) is 6. The molecule has 0 spiro atoms. The fourth-order valence-corrected chi connectivity index (χ4v) is 5.20. The van der Waals surface area contributed by atoms with Crippen LogP contribution in [0.3, 0.4) is 0 Å². The van der Waals surface area contributed by atoms with E-state index in [-0.39, 0.29) is 16.1 Å². The van der Waals surface area contributed by atoms with E-state index in [2.05, 4.69) is 16.7 Å². The normalized spacial score (nSPS) is 11.4. The van der Waals surface area contributed by atoms with Crippen molar-refractivity contribution in [2.24, 2.45) is 0 Å². The molecular formula is C25H28ClF3N4O6S. The average molecular weight is 605 g/mol. The predicted octanol–water partition coefficient (Wildman–Crippen LogP) is 5.33. The Morgan fingerprint density at radius 1 is 1.12 bits per heavy atom. The smallest absolute Gasteiger partial charge is 0.478 e. The lowest BCUT2D eigenvalue weighted by molar-refractivity contribution is -0.192. The van der Waals surface area contributed by atoms with Gasteiger partial charge in [-0.1, -0.05) is 24.6 Å². The van der Waals surface area contributed by atoms with E-state index in [1.807, 2.05) is 22.6 Å². The number of aromatic carboxylic acids is 1. The molecule has 2 aromatic carbocycles. The van der Waals surface area contributed by atoms with Crippen LogP contribution in [0.1, 0.15) is 40.7 Å². The van der Waals surface area contributed by atoms with Gasteiger partial charge in [0.05, 0.1) is 34.1 Å². The summed E-state index contributed by atoms with van der Waals surface area (Å²) >= 11 is 6.06. The van der Waals surface area contributed by atoms with Gasteiger partial charge in [0, 0.05) is 24.3 Å². The Bertz CT molecular complexity index is 1490. The van der Waals surface area contributed by atoms with Gasteiger partial charge in [-0.05, 0) is 62.2 Å². The first-order valence-electron chi connectivity index (χ1n) is 11.7. The van der Waals surface area contributed by atoms with Crippen LogP contribution >= 0.6 is 11.6 Å². The third kappa shape index (κ3) is 8.36. The van der Waals surface area contributed by atoms with E-state index in [9.17, 15) is 31.5 Å². The van der Waals surface area contributed by atoms with Crippen LogP contribution in [-0.2, 0) is 27.9 Å². The van der Waals surface area contributed by atoms with Gasteiger partial charge in [-0.15, -0.1) is 0 Å². The Balaban J connectivity index is 0.000000708. The second-order valence-electron chi connectivity index (χ2n) is 8.66. The van der Waals surface area contributed by atoms with Crippen molar-refractivity contribution < 1.29 is 41.4 Å². The summed E-state index contributed by atoms with van der Waals surface area (Å²) in [5.41, 5.74) is 2.88. The molecular weight excluding hydrogens is 577 g/mol. The van der Waals surface area contributed by atoms with Gasteiger partial charge >= 0.3 is 18.1 Å². The molecule has 0 radical (unpaired) electrons. The lowest BCUT2D eigenvalue weighted by atomic mass is 10.1. The fraction of sp³-hybridized carbons (Fsp3) is 0.320. The number of carboxylic acid groups (broad SMARTS) is 2. The molecule has 3 aromatic rings. The van der Waals surface area contributed by atoms with Crippen molar-refractivity contribution in [3.8, 4) is 0 Å². The molecule has 40 heavy (non-hydrogen) atoms. The molecule has 0 aliphatic heterocycles. The van der Waals surface area contributed by atoms with Crippen LogP contribution in [0.15, 0.2) is 47.4 Å². The zero-order valence-electron chi connectivity index (χ0n) is 22.0. The molecule has 15 heteroatoms. The molecule has 0 fully saturated rings. The van der Waals surface area contributed by atoms with Crippen molar-refractivity contribution in [1.82, 2.24) is 9.78 Å². The Hall–Kier alpha value is -3.78. The number of aryl methyl sites for hydroxylation is 2. The van der Waals surface area contributed by atoms with E-state index in [1.165, 1.54) is 12.1 Å². The number of nitrogens with zero attached hydrogens (tertiary/aromatic N) is 3. The largest absolute Gasteiger partial charge is 0.490 e. The summed E-state index contributed by atoms with van der Waals surface area (Å²) in [6.07, 6.45) is -4.15. The summed E-state index contributed by atoms with van der Waals surface area (Å²) in [5, 5.41) is 21.8. The molecule has 218 valence electrons. The standard InChI is InChI=1S/C23H27ClN4O4S.C2HF3O2/c1-5-11-28-18(12-15(2)25-28)14-27(4)21-10-9-17(13-19(21)23(29)30)26-33(31,32)22-8-6-7-20(24)16(22)3;3-2(4,5)1(6)7/h6-10,12-13,26H,5,11,14H2,1-4H3,(H,29,30);(H,6,7). The molecule has 0 unspecified atom stereocenters. The van der Waals surface area contributed by atoms with Gasteiger partial charge in [0.15, 0.2) is 0 Å². The summed E-state index contributed by atoms with van der Waals surface area (Å²) < 4.78 is 61.9. The van der Waals surface area contributed by atoms with Crippen molar-refractivity contribution in [2.45, 2.75) is 51.4 Å². The lowest BCUT2D eigenvalue weighted by Gasteiger charge is -2.22. The van der Waals surface area contributed by atoms with E-state index >= 15 is 0 Å². The lowest BCUT2D eigenvalue weighted by Crippen LogP contribution is -2.22. The van der Waals surface area contributed by atoms with E-state index < -0.39 is 28.1 Å². The third-order valence-electron chi connectivity index (χ3n) is 5.46. The molecule has 0 atom stereocenters. The topological polar surface area (TPSA) is 142 Å². The number of aromatic nitrogens is 2. The van der Waals surface area contributed by atoms with Gasteiger partial charge in [0.2, 0.25) is 0 Å². The van der Waals surface area contributed by atoms with Crippen molar-refractivity contribution in [2.75, 3.05) is 16.7 Å². The highest BCUT2D eigenvalue weighted by Gasteiger charge is 2.38. The first kappa shape index (κ1) is 32.4. The molecule has 1 heterocycles. The van der Waals surface area contributed by atoms with Gasteiger partial charge in [0.25, 0.3) is 10.0 Å². The van der Waals surface area contributed by atoms with Crippen LogP contribution in [0.2, 0.25) is 5.02 Å². The Kier molecular flexibility index (Phi) is 10.6. The highest BCUT2D eigenvalue weighted by atomic mass is 35.5. The second-order valence-corrected chi connectivity index (χ2v) is 10.7. The number of rotatable bonds is 9. The highest BCUT2D eigenvalue weighted by molar-refractivity contribution is 7.92. The minimum Gasteiger partial charge on any atom is -0.478 e. The monoisotopic (exact) mass is 604 g/mol. The van der Waals surface area contributed by atoms with Crippen LogP contribution in [0.25, 0.3) is 0 Å². The van der Waals surface area contributed by atoms with Gasteiger partial charge in [-0.25, -0.2) is 18.0 Å². The van der Waals surface area contributed by atoms with Gasteiger partial charge in [0.1, 0.15) is 0 Å². The van der Waals surface area contributed by atoms with Gasteiger partial charge in [-0.3, -0.25) is 9.40 Å². The zero-order valence-corrected chi connectivity index (χ0v) is 23.5. The molecule has 10 nitrogen and oxygen atoms in total. The molecule has 3 N–H and O–H groups in total. The van der Waals surface area contributed by atoms with Gasteiger partial charge < -0.3 is 15.1 Å². The minimum atomic E-state index is -5.08. The Labute approximate surface area is 234 Å². The van der Waals surface area contributed by atoms with E-state index in [1.54, 1.807) is 38.2 Å². The molecule has 0 saturated heterocycles. The Morgan fingerprint density at radius 2 is 1.75 bits per heavy atom. The van der Waals surface area contributed by atoms with E-state index in [0.717, 1.165) is 24.4 Å². The number of anilines is 2. The third-order valence-corrected chi connectivity index (χ3v) is 7.40. The number of halogens is 4. The number of aliphatic carboxylic acids is 1. The molecule has 1 aromatic heterocycles. The van der Waals surface area contributed by atoms with Crippen molar-refractivity contribution >= 4 is 44.9 Å². The zero-order chi connectivity index (χ0) is 30.4. The number of alkyl halides is 3. The van der Waals surface area contributed by atoms with Crippen LogP contribution in [0, 0.1) is 13.8 Å². The molecule has 0 aliphatic carbocycles. The van der Waals surface area contributed by atoms with Crippen molar-refractivity contribution in [3.63, 3.8) is 0 Å². The number of carbonyl (C=O) groups is 2. The quantitative estimate of drug-likeness (QED) is 0.297. The summed E-state index contributed by atoms with van der Waals surface area (Å²) in [6.45, 7) is 6.82. The summed E-state index contributed by atoms with van der Waals surface area (Å²) in [5.74, 6) is -3.91. The number of carboxylic acids is 2. The summed E-state index contributed by atoms with van der Waals surface area (Å²) in [7, 11) is -2.16. The average Bonchev–Trinajstić information content (AvgIpc) is 3.18. The maximum atomic E-state index is 12.9. The minimum absolute atomic E-state index is 0.0150. The first-order chi connectivity index (χ1) is 18.5.